The van der Waals surface area contributed by atoms with Crippen LogP contribution in [0.5, 0.6) is 5.75 Å². The first-order valence-corrected chi connectivity index (χ1v) is 10.9. The van der Waals surface area contributed by atoms with Gasteiger partial charge in [-0.3, -0.25) is 4.79 Å². The minimum atomic E-state index is -0.457. The molecule has 1 aliphatic rings. The van der Waals surface area contributed by atoms with Crippen molar-refractivity contribution in [1.29, 1.82) is 0 Å². The average Bonchev–Trinajstić information content (AvgIpc) is 2.76. The molecule has 31 heavy (non-hydrogen) atoms. The van der Waals surface area contributed by atoms with E-state index in [4.69, 9.17) is 13.9 Å². The Morgan fingerprint density at radius 1 is 1.00 bits per heavy atom. The largest absolute Gasteiger partial charge is 0.474 e. The minimum absolute atomic E-state index is 0.0419. The number of aryl methyl sites for hydroxylation is 3. The van der Waals surface area contributed by atoms with Crippen molar-refractivity contribution < 1.29 is 18.7 Å². The van der Waals surface area contributed by atoms with Crippen LogP contribution in [-0.2, 0) is 9.53 Å². The number of benzene rings is 2. The highest BCUT2D eigenvalue weighted by Gasteiger charge is 2.22. The first-order chi connectivity index (χ1) is 14.9. The smallest absolute Gasteiger partial charge is 0.344 e. The van der Waals surface area contributed by atoms with Gasteiger partial charge < -0.3 is 13.9 Å². The normalized spacial score (nSPS) is 14.5. The van der Waals surface area contributed by atoms with Gasteiger partial charge in [0.25, 0.3) is 0 Å². The molecule has 0 amide bonds. The predicted octanol–water partition coefficient (Wildman–Crippen LogP) is 5.64. The van der Waals surface area contributed by atoms with Crippen LogP contribution in [0.1, 0.15) is 48.8 Å². The fourth-order valence-electron chi connectivity index (χ4n) is 3.99. The molecule has 4 rings (SSSR count). The lowest BCUT2D eigenvalue weighted by Crippen LogP contribution is -2.25. The van der Waals surface area contributed by atoms with E-state index in [-0.39, 0.29) is 23.9 Å². The third-order valence-corrected chi connectivity index (χ3v) is 5.96. The Labute approximate surface area is 182 Å². The zero-order chi connectivity index (χ0) is 22.0. The van der Waals surface area contributed by atoms with Gasteiger partial charge in [0.05, 0.1) is 5.39 Å². The molecule has 1 saturated carbocycles. The van der Waals surface area contributed by atoms with Gasteiger partial charge in [-0.25, -0.2) is 4.79 Å². The van der Waals surface area contributed by atoms with Crippen LogP contribution < -0.4 is 10.2 Å². The SMILES string of the molecule is Cc1ccc(-c2oc3cc(C)c(C)cc3c(=O)c2OCC(=O)OC2CCCCC2)cc1. The topological polar surface area (TPSA) is 65.7 Å². The van der Waals surface area contributed by atoms with E-state index in [2.05, 4.69) is 0 Å². The second-order valence-corrected chi connectivity index (χ2v) is 8.43. The molecule has 0 bridgehead atoms. The summed E-state index contributed by atoms with van der Waals surface area (Å²) in [5.41, 5.74) is 4.06. The number of carbonyl (C=O) groups excluding carboxylic acids is 1. The maximum absolute atomic E-state index is 13.3. The third kappa shape index (κ3) is 4.66. The lowest BCUT2D eigenvalue weighted by atomic mass is 9.98. The van der Waals surface area contributed by atoms with E-state index in [0.29, 0.717) is 16.7 Å². The van der Waals surface area contributed by atoms with Crippen LogP contribution in [0.15, 0.2) is 45.6 Å². The predicted molar refractivity (Wildman–Crippen MR) is 121 cm³/mol. The lowest BCUT2D eigenvalue weighted by Gasteiger charge is -2.21. The van der Waals surface area contributed by atoms with Crippen LogP contribution in [0.25, 0.3) is 22.3 Å². The number of hydrogen-bond acceptors (Lipinski definition) is 5. The molecule has 0 atom stereocenters. The highest BCUT2D eigenvalue weighted by atomic mass is 16.6. The van der Waals surface area contributed by atoms with Gasteiger partial charge in [-0.2, -0.15) is 0 Å². The molecule has 1 fully saturated rings. The molecule has 0 spiro atoms. The molecule has 3 aromatic rings. The number of esters is 1. The summed E-state index contributed by atoms with van der Waals surface area (Å²) >= 11 is 0. The van der Waals surface area contributed by atoms with Crippen LogP contribution in [-0.4, -0.2) is 18.7 Å². The van der Waals surface area contributed by atoms with Crippen LogP contribution in [0, 0.1) is 20.8 Å². The second kappa shape index (κ2) is 8.96. The van der Waals surface area contributed by atoms with Crippen molar-refractivity contribution in [2.24, 2.45) is 0 Å². The number of ether oxygens (including phenoxy) is 2. The molecule has 0 unspecified atom stereocenters. The Morgan fingerprint density at radius 3 is 2.39 bits per heavy atom. The summed E-state index contributed by atoms with van der Waals surface area (Å²) in [6.45, 7) is 5.60. The molecule has 5 heteroatoms. The van der Waals surface area contributed by atoms with Gasteiger partial charge in [0.15, 0.2) is 12.4 Å². The molecule has 162 valence electrons. The standard InChI is InChI=1S/C26H28O5/c1-16-9-11-19(12-10-16)25-26(29-15-23(27)30-20-7-5-4-6-8-20)24(28)21-13-17(2)18(3)14-22(21)31-25/h9-14,20H,4-8,15H2,1-3H3. The molecule has 1 heterocycles. The minimum Gasteiger partial charge on any atom is -0.474 e. The lowest BCUT2D eigenvalue weighted by molar-refractivity contribution is -0.152. The van der Waals surface area contributed by atoms with Gasteiger partial charge in [0, 0.05) is 5.56 Å². The van der Waals surface area contributed by atoms with Gasteiger partial charge in [-0.05, 0) is 69.7 Å². The fourth-order valence-corrected chi connectivity index (χ4v) is 3.99. The average molecular weight is 421 g/mol. The molecule has 5 nitrogen and oxygen atoms in total. The van der Waals surface area contributed by atoms with Crippen LogP contribution >= 0.6 is 0 Å². The van der Waals surface area contributed by atoms with Gasteiger partial charge in [0.2, 0.25) is 11.2 Å². The van der Waals surface area contributed by atoms with Crippen molar-refractivity contribution in [2.45, 2.75) is 59.0 Å². The number of carbonyl (C=O) groups is 1. The quantitative estimate of drug-likeness (QED) is 0.500. The van der Waals surface area contributed by atoms with Crippen LogP contribution in [0.3, 0.4) is 0 Å². The zero-order valence-corrected chi connectivity index (χ0v) is 18.3. The molecule has 2 aromatic carbocycles. The van der Waals surface area contributed by atoms with Crippen LogP contribution in [0.4, 0.5) is 0 Å². The van der Waals surface area contributed by atoms with E-state index in [0.717, 1.165) is 47.9 Å². The molecule has 1 aliphatic carbocycles. The summed E-state index contributed by atoms with van der Waals surface area (Å²) in [7, 11) is 0. The van der Waals surface area contributed by atoms with Gasteiger partial charge in [0.1, 0.15) is 11.7 Å². The molecular formula is C26H28O5. The molecule has 1 aromatic heterocycles. The zero-order valence-electron chi connectivity index (χ0n) is 18.3. The van der Waals surface area contributed by atoms with E-state index in [1.165, 1.54) is 6.42 Å². The Morgan fingerprint density at radius 2 is 1.68 bits per heavy atom. The monoisotopic (exact) mass is 420 g/mol. The number of fused-ring (bicyclic) bond motifs is 1. The maximum atomic E-state index is 13.3. The number of hydrogen-bond donors (Lipinski definition) is 0. The summed E-state index contributed by atoms with van der Waals surface area (Å²) in [6, 6.07) is 11.3. The first-order valence-electron chi connectivity index (χ1n) is 10.9. The summed E-state index contributed by atoms with van der Waals surface area (Å²) in [6.07, 6.45) is 5.04. The van der Waals surface area contributed by atoms with Crippen molar-refractivity contribution >= 4 is 16.9 Å². The molecule has 0 aliphatic heterocycles. The van der Waals surface area contributed by atoms with Gasteiger partial charge in [-0.1, -0.05) is 36.2 Å². The maximum Gasteiger partial charge on any atom is 0.344 e. The molecule has 0 saturated heterocycles. The highest BCUT2D eigenvalue weighted by Crippen LogP contribution is 2.32. The van der Waals surface area contributed by atoms with E-state index in [9.17, 15) is 9.59 Å². The molecule has 0 N–H and O–H groups in total. The van der Waals surface area contributed by atoms with E-state index < -0.39 is 5.97 Å². The summed E-state index contributed by atoms with van der Waals surface area (Å²) < 4.78 is 17.4. The first kappa shape index (κ1) is 21.2. The van der Waals surface area contributed by atoms with Crippen molar-refractivity contribution in [3.05, 3.63) is 63.3 Å². The van der Waals surface area contributed by atoms with Crippen molar-refractivity contribution in [3.8, 4) is 17.1 Å². The van der Waals surface area contributed by atoms with Crippen LogP contribution in [0.2, 0.25) is 0 Å². The number of rotatable bonds is 5. The third-order valence-electron chi connectivity index (χ3n) is 5.96. The Bertz CT molecular complexity index is 1150. The molecule has 0 radical (unpaired) electrons. The summed E-state index contributed by atoms with van der Waals surface area (Å²) in [5, 5.41) is 0.439. The van der Waals surface area contributed by atoms with E-state index in [1.807, 2.05) is 57.2 Å². The fraction of sp³-hybridized carbons (Fsp3) is 0.385. The van der Waals surface area contributed by atoms with Crippen molar-refractivity contribution in [3.63, 3.8) is 0 Å². The van der Waals surface area contributed by atoms with Gasteiger partial charge in [-0.15, -0.1) is 0 Å². The van der Waals surface area contributed by atoms with Crippen molar-refractivity contribution in [1.82, 2.24) is 0 Å². The summed E-state index contributed by atoms with van der Waals surface area (Å²) in [4.78, 5) is 25.7. The van der Waals surface area contributed by atoms with Gasteiger partial charge >= 0.3 is 5.97 Å². The van der Waals surface area contributed by atoms with E-state index in [1.54, 1.807) is 0 Å². The van der Waals surface area contributed by atoms with Crippen molar-refractivity contribution in [2.75, 3.05) is 6.61 Å². The molecular weight excluding hydrogens is 392 g/mol. The Hall–Kier alpha value is -3.08. The highest BCUT2D eigenvalue weighted by molar-refractivity contribution is 5.83. The Balaban J connectivity index is 1.69. The second-order valence-electron chi connectivity index (χ2n) is 8.43. The Kier molecular flexibility index (Phi) is 6.12. The summed E-state index contributed by atoms with van der Waals surface area (Å²) in [5.74, 6) is -0.0900. The van der Waals surface area contributed by atoms with E-state index >= 15 is 0 Å².